The van der Waals surface area contributed by atoms with Crippen LogP contribution < -0.4 is 4.90 Å². The third kappa shape index (κ3) is 3.09. The van der Waals surface area contributed by atoms with Crippen LogP contribution in [0, 0.1) is 0 Å². The van der Waals surface area contributed by atoms with Gasteiger partial charge in [-0.3, -0.25) is 14.5 Å². The molecule has 1 saturated heterocycles. The van der Waals surface area contributed by atoms with E-state index < -0.39 is 0 Å². The number of nitrogens with zero attached hydrogens (tertiary/aromatic N) is 2. The quantitative estimate of drug-likeness (QED) is 0.690. The van der Waals surface area contributed by atoms with Gasteiger partial charge in [-0.05, 0) is 82.6 Å². The van der Waals surface area contributed by atoms with Gasteiger partial charge in [0.25, 0.3) is 11.1 Å². The van der Waals surface area contributed by atoms with Crippen molar-refractivity contribution in [2.24, 2.45) is 0 Å². The Morgan fingerprint density at radius 3 is 2.50 bits per heavy atom. The lowest BCUT2D eigenvalue weighted by Gasteiger charge is -2.42. The van der Waals surface area contributed by atoms with Gasteiger partial charge < -0.3 is 4.90 Å². The van der Waals surface area contributed by atoms with E-state index in [1.165, 1.54) is 21.7 Å². The van der Waals surface area contributed by atoms with Gasteiger partial charge in [0.05, 0.1) is 10.4 Å². The van der Waals surface area contributed by atoms with E-state index in [4.69, 9.17) is 0 Å². The summed E-state index contributed by atoms with van der Waals surface area (Å²) in [5, 5.41) is -0.191. The molecule has 0 bridgehead atoms. The van der Waals surface area contributed by atoms with Crippen molar-refractivity contribution in [2.75, 3.05) is 11.4 Å². The first-order valence-electron chi connectivity index (χ1n) is 9.04. The Hall–Kier alpha value is -2.01. The van der Waals surface area contributed by atoms with Crippen LogP contribution in [0.3, 0.4) is 0 Å². The second-order valence-electron chi connectivity index (χ2n) is 7.65. The summed E-state index contributed by atoms with van der Waals surface area (Å²) in [6, 6.07) is 6.14. The fourth-order valence-corrected chi connectivity index (χ4v) is 4.81. The number of fused-ring (bicyclic) bond motifs is 1. The van der Waals surface area contributed by atoms with E-state index in [1.807, 2.05) is 26.0 Å². The molecule has 0 aliphatic carbocycles. The molecule has 0 N–H and O–H groups in total. The molecule has 1 fully saturated rings. The Morgan fingerprint density at radius 2 is 1.92 bits per heavy atom. The van der Waals surface area contributed by atoms with Crippen LogP contribution >= 0.6 is 11.8 Å². The van der Waals surface area contributed by atoms with Crippen molar-refractivity contribution in [3.63, 3.8) is 0 Å². The number of allylic oxidation sites excluding steroid dienone is 1. The van der Waals surface area contributed by atoms with Gasteiger partial charge in [0, 0.05) is 23.8 Å². The molecule has 4 nitrogen and oxygen atoms in total. The first kappa shape index (κ1) is 18.8. The highest BCUT2D eigenvalue weighted by molar-refractivity contribution is 8.18. The number of amides is 2. The maximum Gasteiger partial charge on any atom is 0.293 e. The van der Waals surface area contributed by atoms with Gasteiger partial charge in [0.1, 0.15) is 0 Å². The Morgan fingerprint density at radius 1 is 1.23 bits per heavy atom. The smallest absolute Gasteiger partial charge is 0.293 e. The highest BCUT2D eigenvalue weighted by atomic mass is 32.2. The van der Waals surface area contributed by atoms with Crippen LogP contribution in [0.1, 0.15) is 52.7 Å². The molecule has 2 aliphatic rings. The van der Waals surface area contributed by atoms with Crippen molar-refractivity contribution in [3.8, 4) is 0 Å². The van der Waals surface area contributed by atoms with E-state index in [2.05, 4.69) is 50.8 Å². The molecule has 1 aromatic carbocycles. The highest BCUT2D eigenvalue weighted by Gasteiger charge is 2.37. The molecule has 0 unspecified atom stereocenters. The molecular weight excluding hydrogens is 344 g/mol. The van der Waals surface area contributed by atoms with Crippen LogP contribution in [0.15, 0.2) is 29.2 Å². The second kappa shape index (κ2) is 6.62. The first-order valence-corrected chi connectivity index (χ1v) is 9.86. The predicted molar refractivity (Wildman–Crippen MR) is 110 cm³/mol. The minimum absolute atomic E-state index is 0.0206. The van der Waals surface area contributed by atoms with Crippen molar-refractivity contribution < 1.29 is 9.59 Å². The van der Waals surface area contributed by atoms with Crippen molar-refractivity contribution in [1.82, 2.24) is 4.90 Å². The molecule has 0 aromatic heterocycles. The lowest BCUT2D eigenvalue weighted by molar-refractivity contribution is -0.123. The minimum atomic E-state index is -0.198. The van der Waals surface area contributed by atoms with Crippen molar-refractivity contribution in [2.45, 2.75) is 53.1 Å². The van der Waals surface area contributed by atoms with E-state index in [-0.39, 0.29) is 22.7 Å². The van der Waals surface area contributed by atoms with Gasteiger partial charge in [0.2, 0.25) is 0 Å². The largest absolute Gasteiger partial charge is 0.363 e. The highest BCUT2D eigenvalue weighted by Crippen LogP contribution is 2.40. The summed E-state index contributed by atoms with van der Waals surface area (Å²) >= 11 is 1.02. The number of rotatable bonds is 3. The van der Waals surface area contributed by atoms with Gasteiger partial charge in [0.15, 0.2) is 0 Å². The summed E-state index contributed by atoms with van der Waals surface area (Å²) in [4.78, 5) is 28.8. The number of imide groups is 1. The summed E-state index contributed by atoms with van der Waals surface area (Å²) in [5.41, 5.74) is 4.56. The van der Waals surface area contributed by atoms with Gasteiger partial charge in [-0.15, -0.1) is 0 Å². The molecule has 0 radical (unpaired) electrons. The van der Waals surface area contributed by atoms with E-state index in [9.17, 15) is 9.59 Å². The van der Waals surface area contributed by atoms with Crippen LogP contribution in [-0.2, 0) is 4.79 Å². The van der Waals surface area contributed by atoms with E-state index >= 15 is 0 Å². The number of hydrogen-bond donors (Lipinski definition) is 0. The van der Waals surface area contributed by atoms with Crippen molar-refractivity contribution >= 4 is 40.2 Å². The Labute approximate surface area is 159 Å². The number of anilines is 1. The van der Waals surface area contributed by atoms with Crippen LogP contribution in [-0.4, -0.2) is 34.2 Å². The SMILES string of the molecule is CCN1c2ccc(/C=C3/SC(=O)N(C(C)C)C3=O)cc2C(C)=CC1(C)C. The van der Waals surface area contributed by atoms with Crippen molar-refractivity contribution in [1.29, 1.82) is 0 Å². The summed E-state index contributed by atoms with van der Waals surface area (Å²) < 4.78 is 0. The lowest BCUT2D eigenvalue weighted by atomic mass is 9.88. The normalized spacial score (nSPS) is 20.9. The minimum Gasteiger partial charge on any atom is -0.363 e. The zero-order valence-corrected chi connectivity index (χ0v) is 17.1. The molecule has 3 rings (SSSR count). The van der Waals surface area contributed by atoms with E-state index in [0.29, 0.717) is 4.91 Å². The molecule has 0 spiro atoms. The van der Waals surface area contributed by atoms with Crippen molar-refractivity contribution in [3.05, 3.63) is 40.3 Å². The molecule has 2 amide bonds. The van der Waals surface area contributed by atoms with Crippen LogP contribution in [0.4, 0.5) is 10.5 Å². The molecule has 0 atom stereocenters. The Bertz CT molecular complexity index is 836. The standard InChI is InChI=1S/C21H26N2O2S/c1-7-22-17-9-8-15(10-16(17)14(4)12-21(22,5)6)11-18-19(24)23(13(2)3)20(25)26-18/h8-13H,7H2,1-6H3/b18-11+. The summed E-state index contributed by atoms with van der Waals surface area (Å²) in [6.45, 7) is 13.4. The number of carbonyl (C=O) groups is 2. The van der Waals surface area contributed by atoms with Crippen LogP contribution in [0.25, 0.3) is 11.6 Å². The van der Waals surface area contributed by atoms with Gasteiger partial charge in [-0.1, -0.05) is 12.1 Å². The van der Waals surface area contributed by atoms with Crippen LogP contribution in [0.2, 0.25) is 0 Å². The molecule has 0 saturated carbocycles. The van der Waals surface area contributed by atoms with E-state index in [0.717, 1.165) is 23.9 Å². The number of thioether (sulfide) groups is 1. The molecular formula is C21H26N2O2S. The molecule has 26 heavy (non-hydrogen) atoms. The van der Waals surface area contributed by atoms with Gasteiger partial charge in [-0.2, -0.15) is 0 Å². The van der Waals surface area contributed by atoms with Crippen LogP contribution in [0.5, 0.6) is 0 Å². The average Bonchev–Trinajstić information content (AvgIpc) is 2.81. The summed E-state index contributed by atoms with van der Waals surface area (Å²) in [5.74, 6) is -0.198. The van der Waals surface area contributed by atoms with Gasteiger partial charge in [-0.25, -0.2) is 0 Å². The Kier molecular flexibility index (Phi) is 4.78. The zero-order chi connectivity index (χ0) is 19.2. The fourth-order valence-electron chi connectivity index (χ4n) is 3.84. The molecule has 138 valence electrons. The Balaban J connectivity index is 2.00. The third-order valence-electron chi connectivity index (χ3n) is 4.96. The zero-order valence-electron chi connectivity index (χ0n) is 16.3. The number of benzene rings is 1. The topological polar surface area (TPSA) is 40.6 Å². The third-order valence-corrected chi connectivity index (χ3v) is 5.84. The number of carbonyl (C=O) groups excluding carboxylic acids is 2. The maximum atomic E-state index is 12.5. The second-order valence-corrected chi connectivity index (χ2v) is 8.64. The number of hydrogen-bond acceptors (Lipinski definition) is 4. The maximum absolute atomic E-state index is 12.5. The number of likely N-dealkylation sites (N-methyl/N-ethyl adjacent to an activating group) is 1. The molecule has 2 heterocycles. The first-order chi connectivity index (χ1) is 12.2. The summed E-state index contributed by atoms with van der Waals surface area (Å²) in [6.07, 6.45) is 4.12. The molecule has 1 aromatic rings. The fraction of sp³-hybridized carbons (Fsp3) is 0.429. The van der Waals surface area contributed by atoms with Gasteiger partial charge >= 0.3 is 0 Å². The lowest BCUT2D eigenvalue weighted by Crippen LogP contribution is -2.44. The average molecular weight is 371 g/mol. The predicted octanol–water partition coefficient (Wildman–Crippen LogP) is 5.15. The van der Waals surface area contributed by atoms with E-state index in [1.54, 1.807) is 0 Å². The monoisotopic (exact) mass is 370 g/mol. The molecule has 2 aliphatic heterocycles. The summed E-state index contributed by atoms with van der Waals surface area (Å²) in [7, 11) is 0. The molecule has 5 heteroatoms.